The fourth-order valence-electron chi connectivity index (χ4n) is 1.15. The Morgan fingerprint density at radius 2 is 2.10 bits per heavy atom. The summed E-state index contributed by atoms with van der Waals surface area (Å²) in [5, 5.41) is 2.63. The normalized spacial score (nSPS) is 23.4. The zero-order valence-corrected chi connectivity index (χ0v) is 7.31. The molecule has 1 aliphatic rings. The molecule has 1 saturated heterocycles. The Hall–Kier alpha value is 0.270. The van der Waals surface area contributed by atoms with Crippen LogP contribution in [0.4, 0.5) is 0 Å². The Morgan fingerprint density at radius 1 is 1.50 bits per heavy atom. The van der Waals surface area contributed by atoms with E-state index in [2.05, 4.69) is 12.6 Å². The number of hydroxylamine groups is 2. The molecular formula is C7H15NOS. The van der Waals surface area contributed by atoms with Crippen LogP contribution in [0.3, 0.4) is 0 Å². The Balaban J connectivity index is 2.13. The van der Waals surface area contributed by atoms with Crippen molar-refractivity contribution in [1.82, 2.24) is 5.06 Å². The molecule has 0 radical (unpaired) electrons. The van der Waals surface area contributed by atoms with E-state index >= 15 is 0 Å². The lowest BCUT2D eigenvalue weighted by Crippen LogP contribution is -2.34. The van der Waals surface area contributed by atoms with Crippen LogP contribution in [-0.4, -0.2) is 30.0 Å². The van der Waals surface area contributed by atoms with Gasteiger partial charge in [-0.2, -0.15) is 17.7 Å². The minimum absolute atomic E-state index is 0.594. The number of piperidine rings is 1. The van der Waals surface area contributed by atoms with E-state index in [9.17, 15) is 0 Å². The fourth-order valence-corrected chi connectivity index (χ4v) is 1.38. The number of rotatable bonds is 2. The van der Waals surface area contributed by atoms with Crippen molar-refractivity contribution < 1.29 is 4.84 Å². The number of hydrogen-bond acceptors (Lipinski definition) is 3. The minimum atomic E-state index is 0.594. The molecule has 1 aliphatic heterocycles. The highest BCUT2D eigenvalue weighted by Crippen LogP contribution is 2.14. The lowest BCUT2D eigenvalue weighted by Gasteiger charge is -2.28. The molecule has 3 heteroatoms. The summed E-state index contributed by atoms with van der Waals surface area (Å²) >= 11 is 4.39. The van der Waals surface area contributed by atoms with E-state index in [1.807, 2.05) is 12.0 Å². The number of hydrogen-bond donors (Lipinski definition) is 1. The number of nitrogens with zero attached hydrogens (tertiary/aromatic N) is 1. The van der Waals surface area contributed by atoms with E-state index in [0.717, 1.165) is 32.5 Å². The van der Waals surface area contributed by atoms with E-state index in [1.165, 1.54) is 0 Å². The average Bonchev–Trinajstić information content (AvgIpc) is 1.95. The molecule has 0 aliphatic carbocycles. The van der Waals surface area contributed by atoms with Gasteiger partial charge in [-0.05, 0) is 19.8 Å². The zero-order chi connectivity index (χ0) is 7.40. The second-order valence-corrected chi connectivity index (χ2v) is 3.31. The van der Waals surface area contributed by atoms with Crippen molar-refractivity contribution in [3.8, 4) is 0 Å². The second-order valence-electron chi connectivity index (χ2n) is 2.58. The monoisotopic (exact) mass is 161 g/mol. The largest absolute Gasteiger partial charge is 0.299 e. The van der Waals surface area contributed by atoms with E-state index in [-0.39, 0.29) is 0 Å². The molecule has 0 atom stereocenters. The maximum atomic E-state index is 5.33. The molecule has 2 nitrogen and oxygen atoms in total. The summed E-state index contributed by atoms with van der Waals surface area (Å²) in [6.45, 7) is 4.90. The molecule has 0 saturated carbocycles. The molecule has 60 valence electrons. The summed E-state index contributed by atoms with van der Waals surface area (Å²) in [5.74, 6) is 0. The first-order valence-corrected chi connectivity index (χ1v) is 4.40. The first-order valence-electron chi connectivity index (χ1n) is 3.89. The third-order valence-electron chi connectivity index (χ3n) is 1.74. The topological polar surface area (TPSA) is 12.5 Å². The maximum absolute atomic E-state index is 5.33. The first-order chi connectivity index (χ1) is 4.83. The molecule has 0 aromatic rings. The average molecular weight is 161 g/mol. The molecule has 1 fully saturated rings. The van der Waals surface area contributed by atoms with Crippen molar-refractivity contribution >= 4 is 12.6 Å². The van der Waals surface area contributed by atoms with Crippen molar-refractivity contribution in [1.29, 1.82) is 0 Å². The van der Waals surface area contributed by atoms with E-state index in [0.29, 0.717) is 5.25 Å². The van der Waals surface area contributed by atoms with Gasteiger partial charge in [0.2, 0.25) is 0 Å². The molecule has 0 N–H and O–H groups in total. The molecule has 1 rings (SSSR count). The van der Waals surface area contributed by atoms with E-state index in [4.69, 9.17) is 4.84 Å². The van der Waals surface area contributed by atoms with Gasteiger partial charge in [-0.25, -0.2) is 0 Å². The highest BCUT2D eigenvalue weighted by atomic mass is 32.1. The Kier molecular flexibility index (Phi) is 3.52. The standard InChI is InChI=1S/C7H15NOS/c1-2-9-8-5-3-7(10)4-6-8/h7,10H,2-6H2,1H3. The lowest BCUT2D eigenvalue weighted by atomic mass is 10.2. The summed E-state index contributed by atoms with van der Waals surface area (Å²) in [6, 6.07) is 0. The summed E-state index contributed by atoms with van der Waals surface area (Å²) in [5.41, 5.74) is 0. The van der Waals surface area contributed by atoms with Gasteiger partial charge in [0.15, 0.2) is 0 Å². The van der Waals surface area contributed by atoms with Crippen molar-refractivity contribution in [3.63, 3.8) is 0 Å². The Bertz CT molecular complexity index is 91.6. The van der Waals surface area contributed by atoms with Crippen molar-refractivity contribution in [2.75, 3.05) is 19.7 Å². The van der Waals surface area contributed by atoms with Crippen LogP contribution >= 0.6 is 12.6 Å². The summed E-state index contributed by atoms with van der Waals surface area (Å²) < 4.78 is 0. The third-order valence-corrected chi connectivity index (χ3v) is 2.25. The second kappa shape index (κ2) is 4.21. The Morgan fingerprint density at radius 3 is 2.60 bits per heavy atom. The van der Waals surface area contributed by atoms with Crippen LogP contribution in [0.1, 0.15) is 19.8 Å². The maximum Gasteiger partial charge on any atom is 0.0656 e. The van der Waals surface area contributed by atoms with Crippen LogP contribution in [-0.2, 0) is 4.84 Å². The predicted molar refractivity (Wildman–Crippen MR) is 45.2 cm³/mol. The highest BCUT2D eigenvalue weighted by Gasteiger charge is 2.15. The molecule has 10 heavy (non-hydrogen) atoms. The van der Waals surface area contributed by atoms with Gasteiger partial charge in [-0.3, -0.25) is 4.84 Å². The minimum Gasteiger partial charge on any atom is -0.299 e. The molecule has 0 aromatic carbocycles. The van der Waals surface area contributed by atoms with Gasteiger partial charge < -0.3 is 0 Å². The van der Waals surface area contributed by atoms with Crippen LogP contribution in [0.25, 0.3) is 0 Å². The summed E-state index contributed by atoms with van der Waals surface area (Å²) in [6.07, 6.45) is 2.31. The SMILES string of the molecule is CCON1CCC(S)CC1. The van der Waals surface area contributed by atoms with Crippen molar-refractivity contribution in [2.45, 2.75) is 25.0 Å². The van der Waals surface area contributed by atoms with Gasteiger partial charge in [0.1, 0.15) is 0 Å². The molecule has 0 bridgehead atoms. The third kappa shape index (κ3) is 2.48. The molecule has 0 spiro atoms. The van der Waals surface area contributed by atoms with Crippen LogP contribution in [0.5, 0.6) is 0 Å². The summed E-state index contributed by atoms with van der Waals surface area (Å²) in [4.78, 5) is 5.33. The number of thiol groups is 1. The van der Waals surface area contributed by atoms with Crippen LogP contribution < -0.4 is 0 Å². The van der Waals surface area contributed by atoms with Gasteiger partial charge in [0.25, 0.3) is 0 Å². The van der Waals surface area contributed by atoms with Gasteiger partial charge in [0.05, 0.1) is 6.61 Å². The van der Waals surface area contributed by atoms with Gasteiger partial charge in [0, 0.05) is 18.3 Å². The molecule has 0 amide bonds. The van der Waals surface area contributed by atoms with Gasteiger partial charge >= 0.3 is 0 Å². The van der Waals surface area contributed by atoms with E-state index in [1.54, 1.807) is 0 Å². The molecule has 0 unspecified atom stereocenters. The van der Waals surface area contributed by atoms with E-state index < -0.39 is 0 Å². The summed E-state index contributed by atoms with van der Waals surface area (Å²) in [7, 11) is 0. The van der Waals surface area contributed by atoms with Crippen molar-refractivity contribution in [3.05, 3.63) is 0 Å². The lowest BCUT2D eigenvalue weighted by molar-refractivity contribution is -0.162. The smallest absolute Gasteiger partial charge is 0.0656 e. The van der Waals surface area contributed by atoms with Gasteiger partial charge in [-0.1, -0.05) is 0 Å². The van der Waals surface area contributed by atoms with Crippen molar-refractivity contribution in [2.24, 2.45) is 0 Å². The predicted octanol–water partition coefficient (Wildman–Crippen LogP) is 1.33. The fraction of sp³-hybridized carbons (Fsp3) is 1.00. The Labute approximate surface area is 67.9 Å². The van der Waals surface area contributed by atoms with Gasteiger partial charge in [-0.15, -0.1) is 0 Å². The highest BCUT2D eigenvalue weighted by molar-refractivity contribution is 7.80. The molecule has 1 heterocycles. The molecular weight excluding hydrogens is 146 g/mol. The van der Waals surface area contributed by atoms with Crippen LogP contribution in [0.2, 0.25) is 0 Å². The first kappa shape index (κ1) is 8.37. The molecule has 0 aromatic heterocycles. The van der Waals surface area contributed by atoms with Crippen LogP contribution in [0.15, 0.2) is 0 Å². The quantitative estimate of drug-likeness (QED) is 0.613. The zero-order valence-electron chi connectivity index (χ0n) is 6.42. The van der Waals surface area contributed by atoms with Crippen LogP contribution in [0, 0.1) is 0 Å².